The van der Waals surface area contributed by atoms with E-state index in [-0.39, 0.29) is 22.2 Å². The van der Waals surface area contributed by atoms with Crippen LogP contribution in [-0.4, -0.2) is 24.8 Å². The summed E-state index contributed by atoms with van der Waals surface area (Å²) in [7, 11) is 0. The molecule has 2 rings (SSSR count). The van der Waals surface area contributed by atoms with Crippen LogP contribution >= 0.6 is 12.2 Å². The fraction of sp³-hybridized carbons (Fsp3) is 0.462. The fourth-order valence-electron chi connectivity index (χ4n) is 1.95. The standard InChI is InChI=1S/C13H14F3NO2S/c14-13(15,16)9-1-2-11(10(5-9)12(17)20)19-7-8-3-4-18-6-8/h1-2,5,8H,3-4,6-7H2,(H2,17,20). The van der Waals surface area contributed by atoms with Gasteiger partial charge in [-0.05, 0) is 24.6 Å². The van der Waals surface area contributed by atoms with Crippen molar-refractivity contribution >= 4 is 17.2 Å². The lowest BCUT2D eigenvalue weighted by atomic mass is 10.1. The molecule has 1 saturated heterocycles. The second-order valence-electron chi connectivity index (χ2n) is 4.61. The van der Waals surface area contributed by atoms with Gasteiger partial charge in [0.1, 0.15) is 10.7 Å². The lowest BCUT2D eigenvalue weighted by Gasteiger charge is -2.15. The van der Waals surface area contributed by atoms with Gasteiger partial charge in [0.05, 0.1) is 24.3 Å². The molecule has 1 aliphatic rings. The van der Waals surface area contributed by atoms with E-state index in [1.165, 1.54) is 6.07 Å². The smallest absolute Gasteiger partial charge is 0.416 e. The van der Waals surface area contributed by atoms with E-state index in [4.69, 9.17) is 27.4 Å². The van der Waals surface area contributed by atoms with Gasteiger partial charge in [-0.2, -0.15) is 13.2 Å². The Bertz CT molecular complexity index is 499. The van der Waals surface area contributed by atoms with Gasteiger partial charge in [-0.15, -0.1) is 0 Å². The number of ether oxygens (including phenoxy) is 2. The molecule has 110 valence electrons. The number of nitrogens with two attached hydrogens (primary N) is 1. The normalized spacial score (nSPS) is 19.1. The molecule has 2 N–H and O–H groups in total. The van der Waals surface area contributed by atoms with Crippen molar-refractivity contribution in [3.63, 3.8) is 0 Å². The Labute approximate surface area is 119 Å². The van der Waals surface area contributed by atoms with E-state index < -0.39 is 11.7 Å². The lowest BCUT2D eigenvalue weighted by molar-refractivity contribution is -0.137. The van der Waals surface area contributed by atoms with Crippen molar-refractivity contribution < 1.29 is 22.6 Å². The summed E-state index contributed by atoms with van der Waals surface area (Å²) in [4.78, 5) is -0.117. The van der Waals surface area contributed by atoms with E-state index in [1.807, 2.05) is 0 Å². The Kier molecular flexibility index (Phi) is 4.49. The van der Waals surface area contributed by atoms with Gasteiger partial charge in [-0.3, -0.25) is 0 Å². The van der Waals surface area contributed by atoms with Crippen molar-refractivity contribution in [2.24, 2.45) is 11.7 Å². The molecule has 0 aromatic heterocycles. The highest BCUT2D eigenvalue weighted by Crippen LogP contribution is 2.32. The first-order chi connectivity index (χ1) is 9.38. The van der Waals surface area contributed by atoms with E-state index in [9.17, 15) is 13.2 Å². The zero-order chi connectivity index (χ0) is 14.8. The summed E-state index contributed by atoms with van der Waals surface area (Å²) in [6.45, 7) is 1.66. The van der Waals surface area contributed by atoms with Gasteiger partial charge < -0.3 is 15.2 Å². The molecule has 1 unspecified atom stereocenters. The number of benzene rings is 1. The first-order valence-corrected chi connectivity index (χ1v) is 6.50. The van der Waals surface area contributed by atoms with Crippen LogP contribution in [0.4, 0.5) is 13.2 Å². The Balaban J connectivity index is 2.17. The second-order valence-corrected chi connectivity index (χ2v) is 5.05. The SMILES string of the molecule is NC(=S)c1cc(C(F)(F)F)ccc1OCC1CCOC1. The van der Waals surface area contributed by atoms with E-state index >= 15 is 0 Å². The number of thiocarbonyl (C=S) groups is 1. The number of hydrogen-bond donors (Lipinski definition) is 1. The number of hydrogen-bond acceptors (Lipinski definition) is 3. The first-order valence-electron chi connectivity index (χ1n) is 6.09. The predicted octanol–water partition coefficient (Wildman–Crippen LogP) is 2.75. The van der Waals surface area contributed by atoms with E-state index in [2.05, 4.69) is 0 Å². The van der Waals surface area contributed by atoms with Gasteiger partial charge in [0, 0.05) is 12.5 Å². The maximum absolute atomic E-state index is 12.7. The minimum atomic E-state index is -4.43. The number of halogens is 3. The van der Waals surface area contributed by atoms with Crippen LogP contribution in [0.25, 0.3) is 0 Å². The van der Waals surface area contributed by atoms with Crippen LogP contribution in [0, 0.1) is 5.92 Å². The van der Waals surface area contributed by atoms with Crippen LogP contribution in [0.1, 0.15) is 17.5 Å². The zero-order valence-electron chi connectivity index (χ0n) is 10.6. The van der Waals surface area contributed by atoms with Gasteiger partial charge in [-0.25, -0.2) is 0 Å². The third-order valence-electron chi connectivity index (χ3n) is 3.07. The van der Waals surface area contributed by atoms with Gasteiger partial charge >= 0.3 is 6.18 Å². The molecule has 1 aromatic carbocycles. The second kappa shape index (κ2) is 5.97. The topological polar surface area (TPSA) is 44.5 Å². The van der Waals surface area contributed by atoms with Crippen LogP contribution < -0.4 is 10.5 Å². The Hall–Kier alpha value is -1.34. The third-order valence-corrected chi connectivity index (χ3v) is 3.29. The maximum atomic E-state index is 12.7. The third kappa shape index (κ3) is 3.61. The van der Waals surface area contributed by atoms with E-state index in [0.717, 1.165) is 18.6 Å². The highest BCUT2D eigenvalue weighted by molar-refractivity contribution is 7.80. The molecule has 0 radical (unpaired) electrons. The molecule has 0 saturated carbocycles. The molecule has 3 nitrogen and oxygen atoms in total. The van der Waals surface area contributed by atoms with Crippen LogP contribution in [0.3, 0.4) is 0 Å². The lowest BCUT2D eigenvalue weighted by Crippen LogP contribution is -2.17. The molecule has 0 amide bonds. The minimum absolute atomic E-state index is 0.105. The zero-order valence-corrected chi connectivity index (χ0v) is 11.4. The number of alkyl halides is 3. The van der Waals surface area contributed by atoms with Crippen molar-refractivity contribution in [3.05, 3.63) is 29.3 Å². The summed E-state index contributed by atoms with van der Waals surface area (Å²) in [6.07, 6.45) is -3.56. The maximum Gasteiger partial charge on any atom is 0.416 e. The summed E-state index contributed by atoms with van der Waals surface area (Å²) in [5.41, 5.74) is 4.78. The van der Waals surface area contributed by atoms with Crippen molar-refractivity contribution in [2.75, 3.05) is 19.8 Å². The Morgan fingerprint density at radius 2 is 2.20 bits per heavy atom. The minimum Gasteiger partial charge on any atom is -0.492 e. The van der Waals surface area contributed by atoms with E-state index in [0.29, 0.717) is 19.8 Å². The van der Waals surface area contributed by atoms with Gasteiger partial charge in [0.2, 0.25) is 0 Å². The molecule has 0 spiro atoms. The number of rotatable bonds is 4. The molecule has 1 aromatic rings. The first kappa shape index (κ1) is 15.1. The summed E-state index contributed by atoms with van der Waals surface area (Å²) < 4.78 is 48.7. The average Bonchev–Trinajstić information content (AvgIpc) is 2.88. The van der Waals surface area contributed by atoms with Crippen molar-refractivity contribution in [2.45, 2.75) is 12.6 Å². The molecule has 1 heterocycles. The highest BCUT2D eigenvalue weighted by Gasteiger charge is 2.31. The molecule has 0 bridgehead atoms. The van der Waals surface area contributed by atoms with Crippen molar-refractivity contribution in [1.29, 1.82) is 0 Å². The Morgan fingerprint density at radius 1 is 1.45 bits per heavy atom. The molecule has 1 atom stereocenters. The monoisotopic (exact) mass is 305 g/mol. The summed E-state index contributed by atoms with van der Waals surface area (Å²) >= 11 is 4.79. The molecule has 20 heavy (non-hydrogen) atoms. The molecule has 0 aliphatic carbocycles. The average molecular weight is 305 g/mol. The predicted molar refractivity (Wildman–Crippen MR) is 71.8 cm³/mol. The Morgan fingerprint density at radius 3 is 2.75 bits per heavy atom. The summed E-state index contributed by atoms with van der Waals surface area (Å²) in [5, 5.41) is 0. The van der Waals surface area contributed by atoms with Gasteiger partial charge in [0.15, 0.2) is 0 Å². The van der Waals surface area contributed by atoms with Crippen LogP contribution in [0.5, 0.6) is 5.75 Å². The van der Waals surface area contributed by atoms with Crippen LogP contribution in [0.15, 0.2) is 18.2 Å². The van der Waals surface area contributed by atoms with Gasteiger partial charge in [0.25, 0.3) is 0 Å². The molecular weight excluding hydrogens is 291 g/mol. The van der Waals surface area contributed by atoms with Crippen LogP contribution in [0.2, 0.25) is 0 Å². The van der Waals surface area contributed by atoms with Crippen molar-refractivity contribution in [1.82, 2.24) is 0 Å². The van der Waals surface area contributed by atoms with E-state index in [1.54, 1.807) is 0 Å². The molecule has 7 heteroatoms. The largest absolute Gasteiger partial charge is 0.492 e. The van der Waals surface area contributed by atoms with Crippen molar-refractivity contribution in [3.8, 4) is 5.75 Å². The molecule has 1 fully saturated rings. The summed E-state index contributed by atoms with van der Waals surface area (Å²) in [6, 6.07) is 3.14. The summed E-state index contributed by atoms with van der Waals surface area (Å²) in [5.74, 6) is 0.522. The molecule has 1 aliphatic heterocycles. The molecular formula is C13H14F3NO2S. The van der Waals surface area contributed by atoms with Gasteiger partial charge in [-0.1, -0.05) is 12.2 Å². The van der Waals surface area contributed by atoms with Crippen LogP contribution in [-0.2, 0) is 10.9 Å². The highest BCUT2D eigenvalue weighted by atomic mass is 32.1. The fourth-order valence-corrected chi connectivity index (χ4v) is 2.11. The quantitative estimate of drug-likeness (QED) is 0.869.